The second kappa shape index (κ2) is 9.19. The molecule has 0 unspecified atom stereocenters. The van der Waals surface area contributed by atoms with Gasteiger partial charge in [-0.05, 0) is 30.3 Å². The number of nitrogen functional groups attached to an aromatic ring is 1. The van der Waals surface area contributed by atoms with Crippen molar-refractivity contribution in [3.05, 3.63) is 64.9 Å². The van der Waals surface area contributed by atoms with E-state index in [4.69, 9.17) is 16.2 Å². The largest absolute Gasteiger partial charge is 0.496 e. The first-order valence-corrected chi connectivity index (χ1v) is 11.4. The number of aromatic amines is 1. The van der Waals surface area contributed by atoms with Crippen LogP contribution < -0.4 is 21.5 Å². The number of hydrogen-bond donors (Lipinski definition) is 4. The minimum atomic E-state index is -0.982. The van der Waals surface area contributed by atoms with Crippen LogP contribution in [0.25, 0.3) is 22.2 Å². The molecule has 0 bridgehead atoms. The van der Waals surface area contributed by atoms with Crippen molar-refractivity contribution in [1.29, 1.82) is 0 Å². The van der Waals surface area contributed by atoms with E-state index in [0.717, 1.165) is 12.1 Å². The van der Waals surface area contributed by atoms with Gasteiger partial charge in [-0.25, -0.2) is 17.9 Å². The number of alkyl halides is 1. The summed E-state index contributed by atoms with van der Waals surface area (Å²) in [5.41, 5.74) is 12.4. The number of nitrogens with one attached hydrogen (secondary N) is 2. The van der Waals surface area contributed by atoms with Gasteiger partial charge in [-0.1, -0.05) is 0 Å². The van der Waals surface area contributed by atoms with E-state index < -0.39 is 29.6 Å². The summed E-state index contributed by atoms with van der Waals surface area (Å²) in [7, 11) is 1.35. The second-order valence-electron chi connectivity index (χ2n) is 8.82. The van der Waals surface area contributed by atoms with E-state index in [1.807, 2.05) is 0 Å². The number of benzene rings is 2. The third-order valence-electron chi connectivity index (χ3n) is 6.58. The highest BCUT2D eigenvalue weighted by Crippen LogP contribution is 2.40. The Bertz CT molecular complexity index is 1540. The molecule has 0 aliphatic heterocycles. The molecule has 0 atom stereocenters. The van der Waals surface area contributed by atoms with Crippen molar-refractivity contribution >= 4 is 28.5 Å². The second-order valence-corrected chi connectivity index (χ2v) is 8.82. The fraction of sp³-hybridized carbons (Fsp3) is 0.240. The van der Waals surface area contributed by atoms with Crippen molar-refractivity contribution in [3.63, 3.8) is 0 Å². The Labute approximate surface area is 208 Å². The van der Waals surface area contributed by atoms with E-state index in [9.17, 15) is 18.4 Å². The third kappa shape index (κ3) is 4.13. The van der Waals surface area contributed by atoms with E-state index in [2.05, 4.69) is 15.4 Å². The van der Waals surface area contributed by atoms with Crippen LogP contribution in [0.4, 0.5) is 19.0 Å². The van der Waals surface area contributed by atoms with Gasteiger partial charge in [0.1, 0.15) is 40.6 Å². The molecule has 5 rings (SSSR count). The molecule has 12 heteroatoms. The Balaban J connectivity index is 1.52. The predicted molar refractivity (Wildman–Crippen MR) is 130 cm³/mol. The number of H-pyrrole nitrogens is 1. The van der Waals surface area contributed by atoms with Crippen molar-refractivity contribution in [2.75, 3.05) is 12.8 Å². The van der Waals surface area contributed by atoms with Crippen LogP contribution in [0.1, 0.15) is 45.2 Å². The maximum atomic E-state index is 15.4. The van der Waals surface area contributed by atoms with Gasteiger partial charge in [0.25, 0.3) is 11.8 Å². The third-order valence-corrected chi connectivity index (χ3v) is 6.58. The molecule has 2 aromatic carbocycles. The highest BCUT2D eigenvalue weighted by atomic mass is 19.1. The lowest BCUT2D eigenvalue weighted by molar-refractivity contribution is 0.0946. The monoisotopic (exact) mass is 512 g/mol. The number of primary amides is 1. The summed E-state index contributed by atoms with van der Waals surface area (Å²) in [6, 6.07) is 6.01. The zero-order chi connectivity index (χ0) is 26.4. The SMILES string of the molecule is COc1ccc(F)cc1C(=O)NCc1c(F)cc(-c2nn(C3CC(F)C3)c(N)c2C(N)=O)c2cc[nH]c12. The molecule has 2 amide bonds. The summed E-state index contributed by atoms with van der Waals surface area (Å²) in [6.45, 7) is -0.235. The molecule has 192 valence electrons. The van der Waals surface area contributed by atoms with Gasteiger partial charge in [0.2, 0.25) is 0 Å². The number of aromatic nitrogens is 3. The van der Waals surface area contributed by atoms with Gasteiger partial charge >= 0.3 is 0 Å². The predicted octanol–water partition coefficient (Wildman–Crippen LogP) is 3.60. The summed E-state index contributed by atoms with van der Waals surface area (Å²) >= 11 is 0. The number of methoxy groups -OCH3 is 1. The van der Waals surface area contributed by atoms with Gasteiger partial charge in [0.15, 0.2) is 0 Å². The van der Waals surface area contributed by atoms with Crippen LogP contribution in [0, 0.1) is 11.6 Å². The lowest BCUT2D eigenvalue weighted by atomic mass is 9.91. The Morgan fingerprint density at radius 1 is 1.24 bits per heavy atom. The number of carbonyl (C=O) groups excluding carboxylic acids is 2. The summed E-state index contributed by atoms with van der Waals surface area (Å²) in [6.07, 6.45) is 0.987. The molecule has 0 spiro atoms. The van der Waals surface area contributed by atoms with Gasteiger partial charge in [-0.15, -0.1) is 0 Å². The number of halogens is 3. The van der Waals surface area contributed by atoms with Gasteiger partial charge in [0, 0.05) is 42.1 Å². The Kier molecular flexibility index (Phi) is 6.02. The highest BCUT2D eigenvalue weighted by molar-refractivity contribution is 6.07. The zero-order valence-electron chi connectivity index (χ0n) is 19.6. The molecular weight excluding hydrogens is 489 g/mol. The van der Waals surface area contributed by atoms with Crippen molar-refractivity contribution in [1.82, 2.24) is 20.1 Å². The van der Waals surface area contributed by atoms with Crippen LogP contribution in [-0.4, -0.2) is 39.9 Å². The van der Waals surface area contributed by atoms with Crippen LogP contribution in [0.2, 0.25) is 0 Å². The number of nitrogens with zero attached hydrogens (tertiary/aromatic N) is 2. The van der Waals surface area contributed by atoms with Crippen LogP contribution in [0.3, 0.4) is 0 Å². The quantitative estimate of drug-likeness (QED) is 0.299. The molecule has 1 aliphatic carbocycles. The van der Waals surface area contributed by atoms with Crippen LogP contribution >= 0.6 is 0 Å². The molecule has 2 heterocycles. The molecule has 2 aromatic heterocycles. The number of nitrogens with two attached hydrogens (primary N) is 2. The maximum Gasteiger partial charge on any atom is 0.255 e. The molecule has 9 nitrogen and oxygen atoms in total. The molecule has 1 fully saturated rings. The lowest BCUT2D eigenvalue weighted by Crippen LogP contribution is -2.29. The molecule has 1 saturated carbocycles. The topological polar surface area (TPSA) is 141 Å². The minimum Gasteiger partial charge on any atom is -0.496 e. The fourth-order valence-corrected chi connectivity index (χ4v) is 4.62. The number of rotatable bonds is 7. The molecule has 37 heavy (non-hydrogen) atoms. The van der Waals surface area contributed by atoms with Crippen molar-refractivity contribution in [3.8, 4) is 17.0 Å². The smallest absolute Gasteiger partial charge is 0.255 e. The van der Waals surface area contributed by atoms with Gasteiger partial charge in [-0.2, -0.15) is 5.10 Å². The first kappa shape index (κ1) is 24.2. The molecule has 0 radical (unpaired) electrons. The lowest BCUT2D eigenvalue weighted by Gasteiger charge is -2.30. The Morgan fingerprint density at radius 2 is 2.00 bits per heavy atom. The fourth-order valence-electron chi connectivity index (χ4n) is 4.62. The van der Waals surface area contributed by atoms with Crippen molar-refractivity contribution < 1.29 is 27.5 Å². The number of anilines is 1. The standard InChI is InChI=1S/C25H23F3N6O3/c1-37-19-3-2-11(26)8-16(19)25(36)32-10-17-18(28)9-15(14-4-5-31-21(14)17)22-20(24(30)35)23(29)34(33-22)13-6-12(27)7-13/h2-5,8-9,12-13,31H,6-7,10,29H2,1H3,(H2,30,35)(H,32,36). The van der Waals surface area contributed by atoms with E-state index in [1.165, 1.54) is 23.9 Å². The summed E-state index contributed by atoms with van der Waals surface area (Å²) in [5.74, 6) is -2.68. The summed E-state index contributed by atoms with van der Waals surface area (Å²) in [5, 5.41) is 7.50. The Morgan fingerprint density at radius 3 is 2.68 bits per heavy atom. The van der Waals surface area contributed by atoms with Gasteiger partial charge in [-0.3, -0.25) is 9.59 Å². The van der Waals surface area contributed by atoms with Crippen LogP contribution in [-0.2, 0) is 6.54 Å². The van der Waals surface area contributed by atoms with Crippen LogP contribution in [0.5, 0.6) is 5.75 Å². The maximum absolute atomic E-state index is 15.4. The Hall–Kier alpha value is -4.48. The summed E-state index contributed by atoms with van der Waals surface area (Å²) < 4.78 is 49.1. The molecule has 4 aromatic rings. The van der Waals surface area contributed by atoms with Gasteiger partial charge in [0.05, 0.1) is 24.2 Å². The number of fused-ring (bicyclic) bond motifs is 1. The molecule has 6 N–H and O–H groups in total. The molecular formula is C25H23F3N6O3. The molecule has 1 aliphatic rings. The minimum absolute atomic E-state index is 0.0103. The number of amides is 2. The summed E-state index contributed by atoms with van der Waals surface area (Å²) in [4.78, 5) is 27.9. The zero-order valence-corrected chi connectivity index (χ0v) is 19.6. The average molecular weight is 512 g/mol. The van der Waals surface area contributed by atoms with E-state index in [1.54, 1.807) is 12.3 Å². The first-order chi connectivity index (χ1) is 17.7. The normalized spacial score (nSPS) is 17.0. The number of ether oxygens (including phenoxy) is 1. The number of hydrogen-bond acceptors (Lipinski definition) is 5. The van der Waals surface area contributed by atoms with Crippen LogP contribution in [0.15, 0.2) is 36.5 Å². The highest BCUT2D eigenvalue weighted by Gasteiger charge is 2.35. The molecule has 0 saturated heterocycles. The van der Waals surface area contributed by atoms with E-state index in [-0.39, 0.29) is 64.9 Å². The van der Waals surface area contributed by atoms with Gasteiger partial charge < -0.3 is 26.5 Å². The van der Waals surface area contributed by atoms with Crippen molar-refractivity contribution in [2.45, 2.75) is 31.6 Å². The van der Waals surface area contributed by atoms with Crippen molar-refractivity contribution in [2.24, 2.45) is 5.73 Å². The van der Waals surface area contributed by atoms with E-state index >= 15 is 4.39 Å². The van der Waals surface area contributed by atoms with E-state index in [0.29, 0.717) is 10.9 Å². The first-order valence-electron chi connectivity index (χ1n) is 11.4. The number of carbonyl (C=O) groups is 2. The average Bonchev–Trinajstić information content (AvgIpc) is 3.45.